The van der Waals surface area contributed by atoms with E-state index in [0.717, 1.165) is 30.3 Å². The molecule has 1 heterocycles. The molecule has 4 rings (SSSR count). The fraction of sp³-hybridized carbons (Fsp3) is 0.480. The number of benzene rings is 2. The first-order valence-electron chi connectivity index (χ1n) is 11.7. The Bertz CT molecular complexity index is 1290. The Hall–Kier alpha value is -2.79. The van der Waals surface area contributed by atoms with E-state index in [-0.39, 0.29) is 29.2 Å². The maximum Gasteiger partial charge on any atom is 0.573 e. The van der Waals surface area contributed by atoms with Gasteiger partial charge in [0.1, 0.15) is 5.75 Å². The first kappa shape index (κ1) is 26.3. The molecule has 196 valence electrons. The second-order valence-corrected chi connectivity index (χ2v) is 11.8. The first-order chi connectivity index (χ1) is 16.7. The van der Waals surface area contributed by atoms with Gasteiger partial charge in [-0.1, -0.05) is 33.8 Å². The Balaban J connectivity index is 1.73. The van der Waals surface area contributed by atoms with Crippen LogP contribution in [-0.4, -0.2) is 24.3 Å². The normalized spacial score (nSPS) is 18.0. The van der Waals surface area contributed by atoms with Crippen LogP contribution in [0.2, 0.25) is 0 Å². The van der Waals surface area contributed by atoms with Crippen LogP contribution in [0.5, 0.6) is 5.75 Å². The average molecular weight is 525 g/mol. The molecular weight excluding hydrogens is 493 g/mol. The van der Waals surface area contributed by atoms with Gasteiger partial charge in [-0.05, 0) is 72.1 Å². The number of aromatic nitrogens is 2. The third kappa shape index (κ3) is 6.50. The van der Waals surface area contributed by atoms with Crippen molar-refractivity contribution in [2.24, 2.45) is 10.8 Å². The van der Waals surface area contributed by atoms with E-state index in [1.807, 2.05) is 18.2 Å². The summed E-state index contributed by atoms with van der Waals surface area (Å²) in [7, 11) is -2.71. The first-order valence-corrected chi connectivity index (χ1v) is 12.9. The third-order valence-corrected chi connectivity index (χ3v) is 6.83. The molecule has 0 atom stereocenters. The summed E-state index contributed by atoms with van der Waals surface area (Å²) in [6.45, 7) is 9.22. The number of ether oxygens (including phenoxy) is 1. The van der Waals surface area contributed by atoms with Crippen LogP contribution in [0.4, 0.5) is 24.8 Å². The molecule has 1 aromatic heterocycles. The van der Waals surface area contributed by atoms with Gasteiger partial charge in [-0.15, -0.1) is 13.2 Å². The van der Waals surface area contributed by atoms with Gasteiger partial charge < -0.3 is 14.6 Å². The fourth-order valence-electron chi connectivity index (χ4n) is 5.71. The molecule has 0 aliphatic heterocycles. The molecule has 2 aromatic carbocycles. The number of fused-ring (bicyclic) bond motifs is 1. The number of rotatable bonds is 7. The molecule has 0 bridgehead atoms. The van der Waals surface area contributed by atoms with Gasteiger partial charge in [0, 0.05) is 18.3 Å². The van der Waals surface area contributed by atoms with Crippen molar-refractivity contribution in [1.82, 2.24) is 14.3 Å². The minimum absolute atomic E-state index is 0.111. The van der Waals surface area contributed by atoms with Gasteiger partial charge in [-0.2, -0.15) is 0 Å². The standard InChI is InChI=1S/C25H31F3N4O3S/c1-23(2)12-18(13-24(3,4)15-23)32-21-10-5-16(14-29-36(33)34)11-20(21)31-22(32)30-17-6-8-19(9-7-17)35-25(26,27)28/h5-11,18,36H,12-15H2,1-4H3,(H,30,31)(H,29,33,34). The van der Waals surface area contributed by atoms with Crippen molar-refractivity contribution < 1.29 is 26.3 Å². The van der Waals surface area contributed by atoms with Crippen LogP contribution >= 0.6 is 0 Å². The molecule has 1 fully saturated rings. The highest BCUT2D eigenvalue weighted by Crippen LogP contribution is 2.51. The van der Waals surface area contributed by atoms with Gasteiger partial charge in [0.05, 0.1) is 11.0 Å². The number of thiol groups is 1. The Morgan fingerprint density at radius 1 is 1.06 bits per heavy atom. The summed E-state index contributed by atoms with van der Waals surface area (Å²) < 4.78 is 68.1. The number of halogens is 3. The molecule has 0 unspecified atom stereocenters. The highest BCUT2D eigenvalue weighted by atomic mass is 32.2. The third-order valence-electron chi connectivity index (χ3n) is 6.41. The maximum atomic E-state index is 12.5. The predicted octanol–water partition coefficient (Wildman–Crippen LogP) is 6.07. The van der Waals surface area contributed by atoms with E-state index in [4.69, 9.17) is 4.98 Å². The van der Waals surface area contributed by atoms with E-state index in [0.29, 0.717) is 17.2 Å². The summed E-state index contributed by atoms with van der Waals surface area (Å²) in [4.78, 5) is 4.81. The van der Waals surface area contributed by atoms with E-state index >= 15 is 0 Å². The van der Waals surface area contributed by atoms with Crippen molar-refractivity contribution in [2.75, 3.05) is 5.32 Å². The van der Waals surface area contributed by atoms with Crippen LogP contribution in [-0.2, 0) is 17.4 Å². The lowest BCUT2D eigenvalue weighted by Crippen LogP contribution is -2.35. The highest BCUT2D eigenvalue weighted by molar-refractivity contribution is 7.70. The van der Waals surface area contributed by atoms with E-state index in [1.54, 1.807) is 0 Å². The predicted molar refractivity (Wildman–Crippen MR) is 134 cm³/mol. The lowest BCUT2D eigenvalue weighted by atomic mass is 9.63. The van der Waals surface area contributed by atoms with Crippen molar-refractivity contribution >= 4 is 33.6 Å². The van der Waals surface area contributed by atoms with Crippen LogP contribution < -0.4 is 14.8 Å². The molecule has 2 N–H and O–H groups in total. The molecule has 11 heteroatoms. The lowest BCUT2D eigenvalue weighted by Gasteiger charge is -2.45. The van der Waals surface area contributed by atoms with Crippen molar-refractivity contribution in [2.45, 2.75) is 65.9 Å². The number of anilines is 2. The van der Waals surface area contributed by atoms with Gasteiger partial charge in [0.15, 0.2) is 0 Å². The quantitative estimate of drug-likeness (QED) is 0.327. The lowest BCUT2D eigenvalue weighted by molar-refractivity contribution is -0.274. The molecular formula is C25H31F3N4O3S. The monoisotopic (exact) mass is 524 g/mol. The fourth-order valence-corrected chi connectivity index (χ4v) is 6.02. The number of imidazole rings is 1. The topological polar surface area (TPSA) is 85.2 Å². The molecule has 0 saturated heterocycles. The SMILES string of the molecule is CC1(C)CC(n2c(Nc3ccc(OC(F)(F)F)cc3)nc3cc(CN[SH](=O)=O)ccc32)CC(C)(C)C1. The van der Waals surface area contributed by atoms with Gasteiger partial charge in [0.2, 0.25) is 16.8 Å². The second kappa shape index (κ2) is 9.59. The number of alkyl halides is 3. The zero-order valence-electron chi connectivity index (χ0n) is 20.6. The summed E-state index contributed by atoms with van der Waals surface area (Å²) >= 11 is 0. The van der Waals surface area contributed by atoms with Gasteiger partial charge in [-0.3, -0.25) is 0 Å². The Kier molecular flexibility index (Phi) is 7.00. The Morgan fingerprint density at radius 3 is 2.28 bits per heavy atom. The average Bonchev–Trinajstić information content (AvgIpc) is 3.07. The van der Waals surface area contributed by atoms with E-state index in [9.17, 15) is 21.6 Å². The minimum atomic E-state index is -4.75. The summed E-state index contributed by atoms with van der Waals surface area (Å²) in [6.07, 6.45) is -1.78. The van der Waals surface area contributed by atoms with Gasteiger partial charge >= 0.3 is 6.36 Å². The summed E-state index contributed by atoms with van der Waals surface area (Å²) in [5.74, 6) is 0.277. The van der Waals surface area contributed by atoms with Crippen molar-refractivity contribution in [3.05, 3.63) is 48.0 Å². The number of hydrogen-bond acceptors (Lipinski definition) is 5. The zero-order chi connectivity index (χ0) is 26.3. The van der Waals surface area contributed by atoms with E-state index in [1.165, 1.54) is 24.3 Å². The highest BCUT2D eigenvalue weighted by Gasteiger charge is 2.40. The van der Waals surface area contributed by atoms with Crippen LogP contribution in [0.15, 0.2) is 42.5 Å². The van der Waals surface area contributed by atoms with E-state index in [2.05, 4.69) is 47.0 Å². The van der Waals surface area contributed by atoms with Crippen LogP contribution in [0.1, 0.15) is 58.6 Å². The number of hydrogen-bond donors (Lipinski definition) is 3. The number of nitrogens with zero attached hydrogens (tertiary/aromatic N) is 2. The summed E-state index contributed by atoms with van der Waals surface area (Å²) in [6, 6.07) is 11.3. The Labute approximate surface area is 210 Å². The van der Waals surface area contributed by atoms with E-state index < -0.39 is 17.3 Å². The molecule has 0 spiro atoms. The molecule has 1 aliphatic carbocycles. The van der Waals surface area contributed by atoms with Crippen molar-refractivity contribution in [3.8, 4) is 5.75 Å². The summed E-state index contributed by atoms with van der Waals surface area (Å²) in [5, 5.41) is 3.28. The molecule has 1 aliphatic rings. The maximum absolute atomic E-state index is 12.5. The Morgan fingerprint density at radius 2 is 1.69 bits per heavy atom. The summed E-state index contributed by atoms with van der Waals surface area (Å²) in [5.41, 5.74) is 3.18. The zero-order valence-corrected chi connectivity index (χ0v) is 21.5. The van der Waals surface area contributed by atoms with Gasteiger partial charge in [-0.25, -0.2) is 18.1 Å². The van der Waals surface area contributed by atoms with Gasteiger partial charge in [0.25, 0.3) is 0 Å². The largest absolute Gasteiger partial charge is 0.573 e. The van der Waals surface area contributed by atoms with Crippen LogP contribution in [0, 0.1) is 10.8 Å². The second-order valence-electron chi connectivity index (χ2n) is 11.0. The smallest absolute Gasteiger partial charge is 0.406 e. The molecule has 0 amide bonds. The molecule has 3 aromatic rings. The van der Waals surface area contributed by atoms with Crippen LogP contribution in [0.25, 0.3) is 11.0 Å². The minimum Gasteiger partial charge on any atom is -0.406 e. The molecule has 1 saturated carbocycles. The number of nitrogens with one attached hydrogen (secondary N) is 2. The molecule has 0 radical (unpaired) electrons. The van der Waals surface area contributed by atoms with Crippen molar-refractivity contribution in [1.29, 1.82) is 0 Å². The van der Waals surface area contributed by atoms with Crippen LogP contribution in [0.3, 0.4) is 0 Å². The van der Waals surface area contributed by atoms with Crippen molar-refractivity contribution in [3.63, 3.8) is 0 Å². The molecule has 36 heavy (non-hydrogen) atoms. The molecule has 7 nitrogen and oxygen atoms in total.